The molecular formula is C18H20N2O6. The van der Waals surface area contributed by atoms with Crippen molar-refractivity contribution in [2.75, 3.05) is 0 Å². The molecule has 138 valence electrons. The topological polar surface area (TPSA) is 124 Å². The zero-order valence-electron chi connectivity index (χ0n) is 14.4. The highest BCUT2D eigenvalue weighted by molar-refractivity contribution is 5.87. The van der Waals surface area contributed by atoms with E-state index in [1.54, 1.807) is 0 Å². The molecule has 0 aliphatic heterocycles. The van der Waals surface area contributed by atoms with Gasteiger partial charge in [0.15, 0.2) is 0 Å². The van der Waals surface area contributed by atoms with Crippen molar-refractivity contribution in [3.63, 3.8) is 0 Å². The number of carbonyl (C=O) groups is 1. The normalized spacial score (nSPS) is 32.5. The minimum atomic E-state index is -0.853. The van der Waals surface area contributed by atoms with Crippen LogP contribution in [0.25, 0.3) is 0 Å². The van der Waals surface area contributed by atoms with Gasteiger partial charge < -0.3 is 5.11 Å². The van der Waals surface area contributed by atoms with Crippen molar-refractivity contribution in [1.82, 2.24) is 0 Å². The van der Waals surface area contributed by atoms with Crippen molar-refractivity contribution in [3.05, 3.63) is 37.4 Å². The number of nitro benzene ring substituents is 2. The van der Waals surface area contributed by atoms with Crippen molar-refractivity contribution < 1.29 is 19.7 Å². The van der Waals surface area contributed by atoms with Crippen molar-refractivity contribution in [1.29, 1.82) is 0 Å². The fourth-order valence-corrected chi connectivity index (χ4v) is 5.79. The van der Waals surface area contributed by atoms with Crippen molar-refractivity contribution in [2.45, 2.75) is 51.4 Å². The van der Waals surface area contributed by atoms with E-state index in [1.807, 2.05) is 6.92 Å². The summed E-state index contributed by atoms with van der Waals surface area (Å²) in [6.07, 6.45) is 3.92. The summed E-state index contributed by atoms with van der Waals surface area (Å²) in [6, 6.07) is 1.33. The fourth-order valence-electron chi connectivity index (χ4n) is 5.79. The second-order valence-corrected chi connectivity index (χ2v) is 8.01. The van der Waals surface area contributed by atoms with Gasteiger partial charge in [0.25, 0.3) is 5.75 Å². The lowest BCUT2D eigenvalue weighted by atomic mass is 9.55. The Morgan fingerprint density at radius 1 is 1.15 bits per heavy atom. The van der Waals surface area contributed by atoms with Crippen LogP contribution in [0.2, 0.25) is 0 Å². The van der Waals surface area contributed by atoms with E-state index in [-0.39, 0.29) is 23.2 Å². The maximum atomic E-state index is 12.4. The maximum absolute atomic E-state index is 12.4. The smallest absolute Gasteiger partial charge is 0.321 e. The molecule has 0 amide bonds. The summed E-state index contributed by atoms with van der Waals surface area (Å²) in [5.74, 6) is -0.144. The molecule has 0 spiro atoms. The predicted molar refractivity (Wildman–Crippen MR) is 91.0 cm³/mol. The highest BCUT2D eigenvalue weighted by Crippen LogP contribution is 2.61. The van der Waals surface area contributed by atoms with Crippen LogP contribution >= 0.6 is 0 Å². The van der Waals surface area contributed by atoms with E-state index >= 15 is 0 Å². The molecular weight excluding hydrogens is 340 g/mol. The van der Waals surface area contributed by atoms with E-state index < -0.39 is 27.0 Å². The van der Waals surface area contributed by atoms with Gasteiger partial charge in [-0.3, -0.25) is 25.0 Å². The SMILES string of the molecule is C[C@]12CC[C@@H]3c4cc([N+](=O)[O-])c(O)c([N+](=O)[O-])c4CC[C@@H]3[C@@H]1CCC2=O. The molecule has 26 heavy (non-hydrogen) atoms. The maximum Gasteiger partial charge on any atom is 0.321 e. The van der Waals surface area contributed by atoms with Crippen molar-refractivity contribution in [2.24, 2.45) is 17.3 Å². The minimum Gasteiger partial charge on any atom is -0.497 e. The van der Waals surface area contributed by atoms with Gasteiger partial charge in [-0.1, -0.05) is 6.92 Å². The summed E-state index contributed by atoms with van der Waals surface area (Å²) in [4.78, 5) is 33.7. The third-order valence-corrected chi connectivity index (χ3v) is 7.05. The highest BCUT2D eigenvalue weighted by Gasteiger charge is 2.55. The number of fused-ring (bicyclic) bond motifs is 5. The molecule has 8 heteroatoms. The average Bonchev–Trinajstić information content (AvgIpc) is 2.88. The number of carbonyl (C=O) groups excluding carboxylic acids is 1. The molecule has 4 atom stereocenters. The number of phenolic OH excluding ortho intramolecular Hbond substituents is 1. The van der Waals surface area contributed by atoms with E-state index in [4.69, 9.17) is 0 Å². The van der Waals surface area contributed by atoms with Gasteiger partial charge in [0.1, 0.15) is 5.78 Å². The van der Waals surface area contributed by atoms with E-state index in [9.17, 15) is 30.1 Å². The van der Waals surface area contributed by atoms with Gasteiger partial charge in [-0.15, -0.1) is 0 Å². The van der Waals surface area contributed by atoms with Crippen LogP contribution in [0.4, 0.5) is 11.4 Å². The Hall–Kier alpha value is -2.51. The average molecular weight is 360 g/mol. The third-order valence-electron chi connectivity index (χ3n) is 7.05. The van der Waals surface area contributed by atoms with Gasteiger partial charge in [0.05, 0.1) is 9.85 Å². The van der Waals surface area contributed by atoms with Crippen LogP contribution in [0.5, 0.6) is 5.75 Å². The zero-order chi connectivity index (χ0) is 18.8. The standard InChI is InChI=1S/C18H20N2O6/c1-18-7-6-9-10(13(18)4-5-15(18)21)2-3-11-12(9)8-14(19(23)24)17(22)16(11)20(25)26/h8-10,13,22H,2-7H2,1H3/t9-,10-,13-,18-/m0/s1. The first-order valence-corrected chi connectivity index (χ1v) is 8.96. The van der Waals surface area contributed by atoms with Gasteiger partial charge in [-0.2, -0.15) is 0 Å². The molecule has 4 rings (SSSR count). The van der Waals surface area contributed by atoms with Gasteiger partial charge in [-0.25, -0.2) is 0 Å². The van der Waals surface area contributed by atoms with Crippen LogP contribution in [0, 0.1) is 37.5 Å². The van der Waals surface area contributed by atoms with E-state index in [1.165, 1.54) is 6.07 Å². The van der Waals surface area contributed by atoms with Crippen molar-refractivity contribution in [3.8, 4) is 5.75 Å². The first-order chi connectivity index (χ1) is 12.3. The molecule has 3 aliphatic rings. The summed E-state index contributed by atoms with van der Waals surface area (Å²) in [6.45, 7) is 2.03. The summed E-state index contributed by atoms with van der Waals surface area (Å²) in [5.41, 5.74) is -0.408. The van der Waals surface area contributed by atoms with E-state index in [0.29, 0.717) is 49.0 Å². The molecule has 0 heterocycles. The lowest BCUT2D eigenvalue weighted by Gasteiger charge is -2.48. The number of ketones is 1. The molecule has 0 bridgehead atoms. The Balaban J connectivity index is 1.85. The minimum absolute atomic E-state index is 0.0271. The molecule has 1 aromatic rings. The van der Waals surface area contributed by atoms with Crippen molar-refractivity contribution >= 4 is 17.2 Å². The predicted octanol–water partition coefficient (Wildman–Crippen LogP) is 3.63. The number of Topliss-reactive ketones (excluding diaryl/α,β-unsaturated/α-hetero) is 1. The lowest BCUT2D eigenvalue weighted by Crippen LogP contribution is -2.42. The molecule has 3 aliphatic carbocycles. The summed E-state index contributed by atoms with van der Waals surface area (Å²) >= 11 is 0. The lowest BCUT2D eigenvalue weighted by molar-refractivity contribution is -0.396. The molecule has 1 aromatic carbocycles. The zero-order valence-corrected chi connectivity index (χ0v) is 14.4. The van der Waals surface area contributed by atoms with Crippen LogP contribution in [0.15, 0.2) is 6.07 Å². The van der Waals surface area contributed by atoms with E-state index in [0.717, 1.165) is 6.42 Å². The molecule has 1 N–H and O–H groups in total. The number of hydrogen-bond acceptors (Lipinski definition) is 6. The number of hydrogen-bond donors (Lipinski definition) is 1. The molecule has 0 aromatic heterocycles. The van der Waals surface area contributed by atoms with Crippen LogP contribution < -0.4 is 0 Å². The van der Waals surface area contributed by atoms with Crippen LogP contribution in [-0.4, -0.2) is 20.7 Å². The van der Waals surface area contributed by atoms with Gasteiger partial charge >= 0.3 is 11.4 Å². The molecule has 0 saturated heterocycles. The van der Waals surface area contributed by atoms with Gasteiger partial charge in [0, 0.05) is 23.5 Å². The number of nitro groups is 2. The molecule has 2 saturated carbocycles. The molecule has 8 nitrogen and oxygen atoms in total. The van der Waals surface area contributed by atoms with Crippen LogP contribution in [0.3, 0.4) is 0 Å². The Bertz CT molecular complexity index is 851. The molecule has 0 unspecified atom stereocenters. The van der Waals surface area contributed by atoms with Gasteiger partial charge in [0.2, 0.25) is 0 Å². The third kappa shape index (κ3) is 2.10. The number of aromatic hydroxyl groups is 1. The Kier molecular flexibility index (Phi) is 3.58. The number of rotatable bonds is 2. The summed E-state index contributed by atoms with van der Waals surface area (Å²) in [7, 11) is 0. The number of nitrogens with zero attached hydrogens (tertiary/aromatic N) is 2. The van der Waals surface area contributed by atoms with Crippen LogP contribution in [-0.2, 0) is 11.2 Å². The highest BCUT2D eigenvalue weighted by atomic mass is 16.6. The quantitative estimate of drug-likeness (QED) is 0.634. The fraction of sp³-hybridized carbons (Fsp3) is 0.611. The Morgan fingerprint density at radius 3 is 2.54 bits per heavy atom. The number of benzene rings is 1. The summed E-state index contributed by atoms with van der Waals surface area (Å²) < 4.78 is 0. The van der Waals surface area contributed by atoms with E-state index in [2.05, 4.69) is 0 Å². The largest absolute Gasteiger partial charge is 0.497 e. The first-order valence-electron chi connectivity index (χ1n) is 8.96. The van der Waals surface area contributed by atoms with Crippen LogP contribution in [0.1, 0.15) is 56.1 Å². The second-order valence-electron chi connectivity index (χ2n) is 8.01. The van der Waals surface area contributed by atoms with Gasteiger partial charge in [-0.05, 0) is 55.4 Å². The number of phenols is 1. The second kappa shape index (κ2) is 5.49. The Labute approximate surface area is 149 Å². The molecule has 2 fully saturated rings. The first kappa shape index (κ1) is 16.9. The monoisotopic (exact) mass is 360 g/mol. The Morgan fingerprint density at radius 2 is 1.88 bits per heavy atom. The molecule has 0 radical (unpaired) electrons. The summed E-state index contributed by atoms with van der Waals surface area (Å²) in [5, 5.41) is 32.9.